The first-order valence-electron chi connectivity index (χ1n) is 6.91. The standard InChI is InChI=1S/C15H24N4/c1-11(2)10-19(8-6-7-16)14-9-13(5)17-15(18-14)12(3)4/h9,11-12H,6,8,10H2,1-5H3. The van der Waals surface area contributed by atoms with Crippen LogP contribution in [-0.2, 0) is 0 Å². The normalized spacial score (nSPS) is 10.8. The number of nitrogens with zero attached hydrogens (tertiary/aromatic N) is 4. The molecule has 19 heavy (non-hydrogen) atoms. The zero-order valence-electron chi connectivity index (χ0n) is 12.6. The summed E-state index contributed by atoms with van der Waals surface area (Å²) in [5.74, 6) is 2.67. The Hall–Kier alpha value is -1.63. The van der Waals surface area contributed by atoms with E-state index in [0.29, 0.717) is 18.3 Å². The van der Waals surface area contributed by atoms with Crippen molar-refractivity contribution >= 4 is 5.82 Å². The zero-order valence-corrected chi connectivity index (χ0v) is 12.6. The number of hydrogen-bond donors (Lipinski definition) is 0. The summed E-state index contributed by atoms with van der Waals surface area (Å²) in [6.07, 6.45) is 0.521. The lowest BCUT2D eigenvalue weighted by Crippen LogP contribution is -2.30. The minimum atomic E-state index is 0.315. The van der Waals surface area contributed by atoms with Crippen LogP contribution >= 0.6 is 0 Å². The molecule has 0 aromatic carbocycles. The maximum Gasteiger partial charge on any atom is 0.133 e. The van der Waals surface area contributed by atoms with Crippen LogP contribution in [0.1, 0.15) is 51.6 Å². The van der Waals surface area contributed by atoms with Gasteiger partial charge in [-0.15, -0.1) is 0 Å². The molecule has 1 aromatic rings. The van der Waals surface area contributed by atoms with Gasteiger partial charge in [0.25, 0.3) is 0 Å². The number of rotatable bonds is 6. The van der Waals surface area contributed by atoms with Crippen LogP contribution in [-0.4, -0.2) is 23.1 Å². The van der Waals surface area contributed by atoms with Gasteiger partial charge in [0.1, 0.15) is 11.6 Å². The molecule has 0 bridgehead atoms. The average Bonchev–Trinajstić information content (AvgIpc) is 2.33. The van der Waals surface area contributed by atoms with Crippen molar-refractivity contribution in [2.24, 2.45) is 5.92 Å². The second-order valence-electron chi connectivity index (χ2n) is 5.63. The maximum atomic E-state index is 8.78. The van der Waals surface area contributed by atoms with E-state index in [1.807, 2.05) is 13.0 Å². The highest BCUT2D eigenvalue weighted by Gasteiger charge is 2.13. The van der Waals surface area contributed by atoms with Crippen molar-refractivity contribution in [2.75, 3.05) is 18.0 Å². The van der Waals surface area contributed by atoms with Crippen molar-refractivity contribution in [3.63, 3.8) is 0 Å². The van der Waals surface area contributed by atoms with Gasteiger partial charge in [-0.2, -0.15) is 5.26 Å². The molecule has 0 radical (unpaired) electrons. The van der Waals surface area contributed by atoms with Crippen molar-refractivity contribution in [3.05, 3.63) is 17.6 Å². The summed E-state index contributed by atoms with van der Waals surface area (Å²) in [7, 11) is 0. The monoisotopic (exact) mass is 260 g/mol. The predicted molar refractivity (Wildman–Crippen MR) is 78.1 cm³/mol. The van der Waals surface area contributed by atoms with Crippen LogP contribution in [0, 0.1) is 24.2 Å². The summed E-state index contributed by atoms with van der Waals surface area (Å²) in [5.41, 5.74) is 0.986. The summed E-state index contributed by atoms with van der Waals surface area (Å²) in [6.45, 7) is 12.2. The van der Waals surface area contributed by atoms with Gasteiger partial charge >= 0.3 is 0 Å². The Kier molecular flexibility index (Phi) is 5.75. The van der Waals surface area contributed by atoms with Crippen molar-refractivity contribution < 1.29 is 0 Å². The summed E-state index contributed by atoms with van der Waals surface area (Å²) in [6, 6.07) is 4.21. The molecule has 1 aromatic heterocycles. The van der Waals surface area contributed by atoms with Crippen LogP contribution in [0.25, 0.3) is 0 Å². The maximum absolute atomic E-state index is 8.78. The van der Waals surface area contributed by atoms with Gasteiger partial charge in [-0.1, -0.05) is 27.7 Å². The van der Waals surface area contributed by atoms with Gasteiger partial charge in [0, 0.05) is 30.8 Å². The van der Waals surface area contributed by atoms with E-state index in [1.54, 1.807) is 0 Å². The molecule has 0 aliphatic rings. The third-order valence-electron chi connectivity index (χ3n) is 2.78. The number of aromatic nitrogens is 2. The lowest BCUT2D eigenvalue weighted by atomic mass is 10.2. The van der Waals surface area contributed by atoms with Gasteiger partial charge in [-0.25, -0.2) is 9.97 Å². The van der Waals surface area contributed by atoms with E-state index in [2.05, 4.69) is 48.6 Å². The molecule has 0 fully saturated rings. The van der Waals surface area contributed by atoms with Gasteiger partial charge in [0.05, 0.1) is 12.5 Å². The SMILES string of the molecule is Cc1cc(N(CCC#N)CC(C)C)nc(C(C)C)n1. The molecule has 1 rings (SSSR count). The van der Waals surface area contributed by atoms with Crippen molar-refractivity contribution in [1.82, 2.24) is 9.97 Å². The Morgan fingerprint density at radius 2 is 1.95 bits per heavy atom. The molecule has 4 nitrogen and oxygen atoms in total. The first-order chi connectivity index (χ1) is 8.93. The number of anilines is 1. The molecular weight excluding hydrogens is 236 g/mol. The third kappa shape index (κ3) is 4.86. The first kappa shape index (κ1) is 15.4. The molecule has 0 unspecified atom stereocenters. The fourth-order valence-corrected chi connectivity index (χ4v) is 1.92. The van der Waals surface area contributed by atoms with Gasteiger partial charge in [-0.05, 0) is 12.8 Å². The third-order valence-corrected chi connectivity index (χ3v) is 2.78. The fourth-order valence-electron chi connectivity index (χ4n) is 1.92. The molecule has 1 heterocycles. The van der Waals surface area contributed by atoms with Crippen LogP contribution in [0.3, 0.4) is 0 Å². The highest BCUT2D eigenvalue weighted by atomic mass is 15.2. The second-order valence-corrected chi connectivity index (χ2v) is 5.63. The molecule has 4 heteroatoms. The quantitative estimate of drug-likeness (QED) is 0.787. The fraction of sp³-hybridized carbons (Fsp3) is 0.667. The molecule has 0 atom stereocenters. The van der Waals surface area contributed by atoms with E-state index in [9.17, 15) is 0 Å². The largest absolute Gasteiger partial charge is 0.355 e. The van der Waals surface area contributed by atoms with Gasteiger partial charge in [0.15, 0.2) is 0 Å². The van der Waals surface area contributed by atoms with Crippen molar-refractivity contribution in [1.29, 1.82) is 5.26 Å². The van der Waals surface area contributed by atoms with Gasteiger partial charge < -0.3 is 4.90 Å². The molecular formula is C15H24N4. The minimum absolute atomic E-state index is 0.315. The Labute approximate surface area is 116 Å². The lowest BCUT2D eigenvalue weighted by molar-refractivity contribution is 0.604. The summed E-state index contributed by atoms with van der Waals surface area (Å²) in [4.78, 5) is 11.3. The Morgan fingerprint density at radius 1 is 1.26 bits per heavy atom. The number of hydrogen-bond acceptors (Lipinski definition) is 4. The van der Waals surface area contributed by atoms with Crippen LogP contribution in [0.2, 0.25) is 0 Å². The zero-order chi connectivity index (χ0) is 14.4. The van der Waals surface area contributed by atoms with Crippen molar-refractivity contribution in [2.45, 2.75) is 47.0 Å². The molecule has 0 amide bonds. The van der Waals surface area contributed by atoms with Crippen LogP contribution in [0.15, 0.2) is 6.07 Å². The molecule has 0 aliphatic carbocycles. The lowest BCUT2D eigenvalue weighted by Gasteiger charge is -2.25. The highest BCUT2D eigenvalue weighted by Crippen LogP contribution is 2.18. The summed E-state index contributed by atoms with van der Waals surface area (Å²) >= 11 is 0. The van der Waals surface area contributed by atoms with E-state index in [4.69, 9.17) is 5.26 Å². The minimum Gasteiger partial charge on any atom is -0.355 e. The smallest absolute Gasteiger partial charge is 0.133 e. The highest BCUT2D eigenvalue weighted by molar-refractivity contribution is 5.40. The van der Waals surface area contributed by atoms with E-state index in [1.165, 1.54) is 0 Å². The molecule has 0 saturated heterocycles. The topological polar surface area (TPSA) is 52.8 Å². The average molecular weight is 260 g/mol. The van der Waals surface area contributed by atoms with Crippen LogP contribution < -0.4 is 4.90 Å². The molecule has 0 saturated carbocycles. The summed E-state index contributed by atoms with van der Waals surface area (Å²) in [5, 5.41) is 8.78. The van der Waals surface area contributed by atoms with E-state index < -0.39 is 0 Å². The summed E-state index contributed by atoms with van der Waals surface area (Å²) < 4.78 is 0. The number of aryl methyl sites for hydroxylation is 1. The molecule has 104 valence electrons. The van der Waals surface area contributed by atoms with Gasteiger partial charge in [-0.3, -0.25) is 0 Å². The predicted octanol–water partition coefficient (Wildman–Crippen LogP) is 3.28. The van der Waals surface area contributed by atoms with Crippen molar-refractivity contribution in [3.8, 4) is 6.07 Å². The molecule has 0 N–H and O–H groups in total. The van der Waals surface area contributed by atoms with E-state index in [0.717, 1.165) is 30.4 Å². The van der Waals surface area contributed by atoms with Crippen LogP contribution in [0.4, 0.5) is 5.82 Å². The Morgan fingerprint density at radius 3 is 2.47 bits per heavy atom. The van der Waals surface area contributed by atoms with E-state index in [-0.39, 0.29) is 0 Å². The van der Waals surface area contributed by atoms with Crippen LogP contribution in [0.5, 0.6) is 0 Å². The number of nitriles is 1. The van der Waals surface area contributed by atoms with Gasteiger partial charge in [0.2, 0.25) is 0 Å². The second kappa shape index (κ2) is 7.08. The first-order valence-corrected chi connectivity index (χ1v) is 6.91. The molecule has 0 spiro atoms. The van der Waals surface area contributed by atoms with E-state index >= 15 is 0 Å². The molecule has 0 aliphatic heterocycles. The Bertz CT molecular complexity index is 446. The Balaban J connectivity index is 3.03.